The molecular formula is C18H16N4O2. The monoisotopic (exact) mass is 320 g/mol. The topological polar surface area (TPSA) is 61.4 Å². The summed E-state index contributed by atoms with van der Waals surface area (Å²) in [6.45, 7) is 1.81. The first-order valence-electron chi connectivity index (χ1n) is 7.69. The quantitative estimate of drug-likeness (QED) is 0.544. The summed E-state index contributed by atoms with van der Waals surface area (Å²) in [7, 11) is 1.92. The minimum absolute atomic E-state index is 0.284. The number of fused-ring (bicyclic) bond motifs is 2. The number of hydrogen-bond acceptors (Lipinski definition) is 4. The Morgan fingerprint density at radius 2 is 1.92 bits per heavy atom. The Balaban J connectivity index is 1.61. The van der Waals surface area contributed by atoms with Crippen molar-refractivity contribution in [1.29, 1.82) is 0 Å². The molecule has 0 aliphatic carbocycles. The van der Waals surface area contributed by atoms with Crippen LogP contribution in [0.2, 0.25) is 0 Å². The summed E-state index contributed by atoms with van der Waals surface area (Å²) in [6, 6.07) is 13.4. The zero-order chi connectivity index (χ0) is 16.7. The van der Waals surface area contributed by atoms with Crippen LogP contribution >= 0.6 is 0 Å². The number of benzene rings is 1. The fraction of sp³-hybridized carbons (Fsp3) is 0.167. The van der Waals surface area contributed by atoms with Crippen LogP contribution in [0.25, 0.3) is 16.7 Å². The van der Waals surface area contributed by atoms with Crippen LogP contribution in [-0.4, -0.2) is 24.9 Å². The van der Waals surface area contributed by atoms with Gasteiger partial charge in [-0.05, 0) is 31.2 Å². The van der Waals surface area contributed by atoms with E-state index in [-0.39, 0.29) is 5.69 Å². The Hall–Kier alpha value is -3.15. The molecule has 1 aromatic carbocycles. The number of pyridine rings is 1. The van der Waals surface area contributed by atoms with Gasteiger partial charge in [0.15, 0.2) is 17.6 Å². The molecule has 3 aromatic heterocycles. The molecule has 3 heterocycles. The molecule has 0 aliphatic heterocycles. The molecular weight excluding hydrogens is 304 g/mol. The maximum absolute atomic E-state index is 12.4. The lowest BCUT2D eigenvalue weighted by Gasteiger charge is -2.12. The maximum Gasteiger partial charge on any atom is 0.359 e. The molecule has 0 saturated heterocycles. The average Bonchev–Trinajstić information content (AvgIpc) is 3.17. The highest BCUT2D eigenvalue weighted by Gasteiger charge is 2.20. The summed E-state index contributed by atoms with van der Waals surface area (Å²) >= 11 is 0. The SMILES string of the molecule is CC(OC(=O)c1cn2ccccc2n1)c1nc2ccccc2n1C. The lowest BCUT2D eigenvalue weighted by atomic mass is 10.3. The number of rotatable bonds is 3. The van der Waals surface area contributed by atoms with Crippen LogP contribution in [0, 0.1) is 0 Å². The van der Waals surface area contributed by atoms with E-state index in [1.54, 1.807) is 10.6 Å². The number of hydrogen-bond donors (Lipinski definition) is 0. The summed E-state index contributed by atoms with van der Waals surface area (Å²) in [6.07, 6.45) is 3.03. The molecule has 0 saturated carbocycles. The van der Waals surface area contributed by atoms with Gasteiger partial charge in [0.1, 0.15) is 5.65 Å². The number of nitrogens with zero attached hydrogens (tertiary/aromatic N) is 4. The highest BCUT2D eigenvalue weighted by molar-refractivity contribution is 5.88. The Bertz CT molecular complexity index is 1010. The molecule has 6 nitrogen and oxygen atoms in total. The van der Waals surface area contributed by atoms with Crippen molar-refractivity contribution >= 4 is 22.6 Å². The van der Waals surface area contributed by atoms with E-state index >= 15 is 0 Å². The van der Waals surface area contributed by atoms with Gasteiger partial charge in [-0.3, -0.25) is 0 Å². The maximum atomic E-state index is 12.4. The molecule has 0 bridgehead atoms. The third kappa shape index (κ3) is 2.32. The summed E-state index contributed by atoms with van der Waals surface area (Å²) in [5.41, 5.74) is 2.88. The first kappa shape index (κ1) is 14.4. The largest absolute Gasteiger partial charge is 0.450 e. The van der Waals surface area contributed by atoms with Crippen LogP contribution in [0.15, 0.2) is 54.9 Å². The second-order valence-corrected chi connectivity index (χ2v) is 5.66. The number of aryl methyl sites for hydroxylation is 1. The number of imidazole rings is 2. The Kier molecular flexibility index (Phi) is 3.30. The first-order valence-corrected chi connectivity index (χ1v) is 7.69. The van der Waals surface area contributed by atoms with Crippen LogP contribution in [0.3, 0.4) is 0 Å². The van der Waals surface area contributed by atoms with Gasteiger partial charge >= 0.3 is 5.97 Å². The average molecular weight is 320 g/mol. The van der Waals surface area contributed by atoms with Gasteiger partial charge in [0.2, 0.25) is 0 Å². The van der Waals surface area contributed by atoms with Crippen molar-refractivity contribution in [3.05, 3.63) is 66.4 Å². The van der Waals surface area contributed by atoms with E-state index in [1.165, 1.54) is 0 Å². The van der Waals surface area contributed by atoms with E-state index in [0.29, 0.717) is 11.5 Å². The fourth-order valence-electron chi connectivity index (χ4n) is 2.83. The Morgan fingerprint density at radius 1 is 1.12 bits per heavy atom. The molecule has 0 N–H and O–H groups in total. The Labute approximate surface area is 138 Å². The van der Waals surface area contributed by atoms with E-state index in [0.717, 1.165) is 11.0 Å². The molecule has 0 spiro atoms. The number of carbonyl (C=O) groups is 1. The number of para-hydroxylation sites is 2. The van der Waals surface area contributed by atoms with Crippen LogP contribution in [-0.2, 0) is 11.8 Å². The van der Waals surface area contributed by atoms with Crippen molar-refractivity contribution in [2.75, 3.05) is 0 Å². The summed E-state index contributed by atoms with van der Waals surface area (Å²) < 4.78 is 9.29. The molecule has 1 atom stereocenters. The highest BCUT2D eigenvalue weighted by Crippen LogP contribution is 2.22. The van der Waals surface area contributed by atoms with Crippen LogP contribution in [0.5, 0.6) is 0 Å². The molecule has 4 aromatic rings. The first-order chi connectivity index (χ1) is 11.6. The van der Waals surface area contributed by atoms with Gasteiger partial charge in [0, 0.05) is 19.4 Å². The van der Waals surface area contributed by atoms with Gasteiger partial charge in [-0.15, -0.1) is 0 Å². The lowest BCUT2D eigenvalue weighted by molar-refractivity contribution is 0.0309. The zero-order valence-electron chi connectivity index (χ0n) is 13.4. The van der Waals surface area contributed by atoms with Crippen molar-refractivity contribution in [3.8, 4) is 0 Å². The van der Waals surface area contributed by atoms with Gasteiger partial charge in [-0.25, -0.2) is 14.8 Å². The molecule has 6 heteroatoms. The van der Waals surface area contributed by atoms with Gasteiger partial charge < -0.3 is 13.7 Å². The third-order valence-electron chi connectivity index (χ3n) is 4.04. The minimum atomic E-state index is -0.472. The predicted octanol–water partition coefficient (Wildman–Crippen LogP) is 3.14. The van der Waals surface area contributed by atoms with Crippen molar-refractivity contribution in [2.24, 2.45) is 7.05 Å². The van der Waals surface area contributed by atoms with Crippen molar-refractivity contribution < 1.29 is 9.53 Å². The zero-order valence-corrected chi connectivity index (χ0v) is 13.4. The lowest BCUT2D eigenvalue weighted by Crippen LogP contribution is -2.13. The van der Waals surface area contributed by atoms with E-state index in [1.807, 2.05) is 67.2 Å². The minimum Gasteiger partial charge on any atom is -0.450 e. The fourth-order valence-corrected chi connectivity index (χ4v) is 2.83. The van der Waals surface area contributed by atoms with Crippen molar-refractivity contribution in [2.45, 2.75) is 13.0 Å². The van der Waals surface area contributed by atoms with Crippen LogP contribution < -0.4 is 0 Å². The van der Waals surface area contributed by atoms with E-state index in [9.17, 15) is 4.79 Å². The molecule has 0 aliphatic rings. The summed E-state index contributed by atoms with van der Waals surface area (Å²) in [4.78, 5) is 21.2. The molecule has 1 unspecified atom stereocenters. The second-order valence-electron chi connectivity index (χ2n) is 5.66. The van der Waals surface area contributed by atoms with Gasteiger partial charge in [0.25, 0.3) is 0 Å². The van der Waals surface area contributed by atoms with Crippen LogP contribution in [0.1, 0.15) is 29.3 Å². The van der Waals surface area contributed by atoms with Gasteiger partial charge in [-0.1, -0.05) is 18.2 Å². The number of aromatic nitrogens is 4. The molecule has 4 rings (SSSR count). The van der Waals surface area contributed by atoms with E-state index in [4.69, 9.17) is 4.74 Å². The summed E-state index contributed by atoms with van der Waals surface area (Å²) in [5, 5.41) is 0. The van der Waals surface area contributed by atoms with Crippen molar-refractivity contribution in [3.63, 3.8) is 0 Å². The highest BCUT2D eigenvalue weighted by atomic mass is 16.5. The number of ether oxygens (including phenoxy) is 1. The number of esters is 1. The number of carbonyl (C=O) groups excluding carboxylic acids is 1. The molecule has 0 radical (unpaired) electrons. The van der Waals surface area contributed by atoms with E-state index < -0.39 is 12.1 Å². The molecule has 0 fully saturated rings. The molecule has 120 valence electrons. The van der Waals surface area contributed by atoms with Crippen molar-refractivity contribution in [1.82, 2.24) is 18.9 Å². The Morgan fingerprint density at radius 3 is 2.71 bits per heavy atom. The van der Waals surface area contributed by atoms with E-state index in [2.05, 4.69) is 9.97 Å². The van der Waals surface area contributed by atoms with Gasteiger partial charge in [0.05, 0.1) is 11.0 Å². The molecule has 0 amide bonds. The predicted molar refractivity (Wildman–Crippen MR) is 89.7 cm³/mol. The molecule has 24 heavy (non-hydrogen) atoms. The third-order valence-corrected chi connectivity index (χ3v) is 4.04. The second kappa shape index (κ2) is 5.49. The smallest absolute Gasteiger partial charge is 0.359 e. The van der Waals surface area contributed by atoms with Crippen LogP contribution in [0.4, 0.5) is 0 Å². The van der Waals surface area contributed by atoms with Gasteiger partial charge in [-0.2, -0.15) is 0 Å². The normalized spacial score (nSPS) is 12.6. The summed E-state index contributed by atoms with van der Waals surface area (Å²) in [5.74, 6) is 0.242. The standard InChI is InChI=1S/C18H16N4O2/c1-12(17-20-13-7-3-4-8-15(13)21(17)2)24-18(23)14-11-22-10-6-5-9-16(22)19-14/h3-12H,1-2H3.